The van der Waals surface area contributed by atoms with Crippen LogP contribution in [0.4, 0.5) is 4.39 Å². The Morgan fingerprint density at radius 1 is 1.45 bits per heavy atom. The summed E-state index contributed by atoms with van der Waals surface area (Å²) in [6, 6.07) is 0. The van der Waals surface area contributed by atoms with Crippen LogP contribution in [0.2, 0.25) is 0 Å². The van der Waals surface area contributed by atoms with Gasteiger partial charge in [-0.15, -0.1) is 0 Å². The van der Waals surface area contributed by atoms with E-state index < -0.39 is 31.3 Å². The van der Waals surface area contributed by atoms with Crippen LogP contribution in [0.1, 0.15) is 6.42 Å². The maximum absolute atomic E-state index is 12.5. The molecule has 5 heteroatoms. The molecule has 1 fully saturated rings. The van der Waals surface area contributed by atoms with Gasteiger partial charge in [-0.2, -0.15) is 0 Å². The normalized spacial score (nSPS) is 45.8. The van der Waals surface area contributed by atoms with E-state index in [-0.39, 0.29) is 6.42 Å². The molecule has 2 unspecified atom stereocenters. The summed E-state index contributed by atoms with van der Waals surface area (Å²) >= 11 is 0. The van der Waals surface area contributed by atoms with Gasteiger partial charge in [0.05, 0.1) is 12.7 Å². The Bertz CT molecular complexity index is 132. The van der Waals surface area contributed by atoms with E-state index in [1.807, 2.05) is 0 Å². The molecule has 4 atom stereocenters. The first kappa shape index (κ1) is 8.86. The highest BCUT2D eigenvalue weighted by Gasteiger charge is 2.35. The second kappa shape index (κ2) is 3.44. The van der Waals surface area contributed by atoms with Gasteiger partial charge < -0.3 is 20.1 Å². The van der Waals surface area contributed by atoms with Crippen LogP contribution in [0.5, 0.6) is 0 Å². The third kappa shape index (κ3) is 1.87. The molecule has 1 saturated heterocycles. The van der Waals surface area contributed by atoms with Gasteiger partial charge in [0, 0.05) is 6.42 Å². The molecule has 11 heavy (non-hydrogen) atoms. The summed E-state index contributed by atoms with van der Waals surface area (Å²) in [5.41, 5.74) is 0. The molecule has 1 aliphatic rings. The number of aliphatic hydroxyl groups is 3. The molecule has 0 aromatic carbocycles. The van der Waals surface area contributed by atoms with Crippen LogP contribution in [-0.4, -0.2) is 46.6 Å². The van der Waals surface area contributed by atoms with Crippen molar-refractivity contribution in [3.05, 3.63) is 0 Å². The van der Waals surface area contributed by atoms with E-state index in [0.717, 1.165) is 0 Å². The number of rotatable bonds is 1. The minimum absolute atomic E-state index is 0.188. The van der Waals surface area contributed by atoms with Crippen molar-refractivity contribution in [2.45, 2.75) is 31.1 Å². The summed E-state index contributed by atoms with van der Waals surface area (Å²) < 4.78 is 17.1. The zero-order valence-electron chi connectivity index (χ0n) is 5.85. The van der Waals surface area contributed by atoms with E-state index in [4.69, 9.17) is 15.3 Å². The predicted octanol–water partition coefficient (Wildman–Crippen LogP) is -1.21. The maximum Gasteiger partial charge on any atom is 0.186 e. The van der Waals surface area contributed by atoms with Crippen molar-refractivity contribution in [3.63, 3.8) is 0 Å². The Morgan fingerprint density at radius 3 is 2.64 bits per heavy atom. The van der Waals surface area contributed by atoms with Gasteiger partial charge in [-0.1, -0.05) is 0 Å². The van der Waals surface area contributed by atoms with E-state index in [2.05, 4.69) is 4.74 Å². The molecule has 66 valence electrons. The number of hydrogen-bond acceptors (Lipinski definition) is 4. The smallest absolute Gasteiger partial charge is 0.186 e. The molecule has 0 amide bonds. The SMILES string of the molecule is OC[C@H]1O[C@@H](O)C(F)CC1O. The van der Waals surface area contributed by atoms with Gasteiger partial charge in [-0.3, -0.25) is 0 Å². The standard InChI is InChI=1S/C6H11FO4/c7-3-1-4(9)5(2-8)11-6(3)10/h3-6,8-10H,1-2H2/t3?,4?,5-,6-/m1/s1. The number of ether oxygens (including phenoxy) is 1. The topological polar surface area (TPSA) is 69.9 Å². The molecule has 0 aliphatic carbocycles. The zero-order valence-corrected chi connectivity index (χ0v) is 5.85. The average molecular weight is 166 g/mol. The van der Waals surface area contributed by atoms with Crippen molar-refractivity contribution in [2.75, 3.05) is 6.61 Å². The summed E-state index contributed by atoms with van der Waals surface area (Å²) in [5, 5.41) is 26.3. The second-order valence-electron chi connectivity index (χ2n) is 2.57. The van der Waals surface area contributed by atoms with Crippen LogP contribution < -0.4 is 0 Å². The summed E-state index contributed by atoms with van der Waals surface area (Å²) in [6.45, 7) is -0.412. The molecule has 0 aromatic heterocycles. The number of alkyl halides is 1. The van der Waals surface area contributed by atoms with Crippen LogP contribution >= 0.6 is 0 Å². The van der Waals surface area contributed by atoms with Crippen molar-refractivity contribution in [3.8, 4) is 0 Å². The maximum atomic E-state index is 12.5. The summed E-state index contributed by atoms with van der Waals surface area (Å²) in [6.07, 6.45) is -5.16. The minimum Gasteiger partial charge on any atom is -0.394 e. The molecule has 0 aromatic rings. The van der Waals surface area contributed by atoms with Gasteiger partial charge in [0.15, 0.2) is 12.5 Å². The lowest BCUT2D eigenvalue weighted by Crippen LogP contribution is -2.47. The lowest BCUT2D eigenvalue weighted by Gasteiger charge is -2.32. The van der Waals surface area contributed by atoms with Crippen LogP contribution in [0.3, 0.4) is 0 Å². The summed E-state index contributed by atoms with van der Waals surface area (Å²) in [7, 11) is 0. The van der Waals surface area contributed by atoms with Crippen LogP contribution in [-0.2, 0) is 4.74 Å². The summed E-state index contributed by atoms with van der Waals surface area (Å²) in [4.78, 5) is 0. The molecular weight excluding hydrogens is 155 g/mol. The van der Waals surface area contributed by atoms with Gasteiger partial charge in [-0.05, 0) is 0 Å². The largest absolute Gasteiger partial charge is 0.394 e. The zero-order chi connectivity index (χ0) is 8.43. The van der Waals surface area contributed by atoms with Crippen LogP contribution in [0, 0.1) is 0 Å². The van der Waals surface area contributed by atoms with Gasteiger partial charge in [0.1, 0.15) is 6.10 Å². The molecular formula is C6H11FO4. The van der Waals surface area contributed by atoms with Gasteiger partial charge in [0.2, 0.25) is 0 Å². The Balaban J connectivity index is 2.48. The van der Waals surface area contributed by atoms with Crippen LogP contribution in [0.15, 0.2) is 0 Å². The molecule has 1 rings (SSSR count). The molecule has 4 nitrogen and oxygen atoms in total. The second-order valence-corrected chi connectivity index (χ2v) is 2.57. The highest BCUT2D eigenvalue weighted by atomic mass is 19.1. The third-order valence-electron chi connectivity index (χ3n) is 1.70. The molecule has 1 aliphatic heterocycles. The van der Waals surface area contributed by atoms with Crippen molar-refractivity contribution in [2.24, 2.45) is 0 Å². The molecule has 0 radical (unpaired) electrons. The average Bonchev–Trinajstić information content (AvgIpc) is 1.97. The van der Waals surface area contributed by atoms with Crippen molar-refractivity contribution < 1.29 is 24.4 Å². The Kier molecular flexibility index (Phi) is 2.78. The third-order valence-corrected chi connectivity index (χ3v) is 1.70. The highest BCUT2D eigenvalue weighted by Crippen LogP contribution is 2.20. The van der Waals surface area contributed by atoms with Gasteiger partial charge in [0.25, 0.3) is 0 Å². The van der Waals surface area contributed by atoms with E-state index >= 15 is 0 Å². The Hall–Kier alpha value is -0.230. The van der Waals surface area contributed by atoms with E-state index in [9.17, 15) is 4.39 Å². The first-order valence-electron chi connectivity index (χ1n) is 3.41. The lowest BCUT2D eigenvalue weighted by atomic mass is 10.0. The fourth-order valence-corrected chi connectivity index (χ4v) is 1.02. The van der Waals surface area contributed by atoms with E-state index in [1.165, 1.54) is 0 Å². The molecule has 1 heterocycles. The molecule has 0 bridgehead atoms. The van der Waals surface area contributed by atoms with Crippen molar-refractivity contribution in [1.29, 1.82) is 0 Å². The lowest BCUT2D eigenvalue weighted by molar-refractivity contribution is -0.236. The predicted molar refractivity (Wildman–Crippen MR) is 33.5 cm³/mol. The van der Waals surface area contributed by atoms with E-state index in [1.54, 1.807) is 0 Å². The van der Waals surface area contributed by atoms with Crippen molar-refractivity contribution in [1.82, 2.24) is 0 Å². The van der Waals surface area contributed by atoms with Crippen LogP contribution in [0.25, 0.3) is 0 Å². The molecule has 0 spiro atoms. The number of hydrogen-bond donors (Lipinski definition) is 3. The highest BCUT2D eigenvalue weighted by molar-refractivity contribution is 4.79. The fraction of sp³-hybridized carbons (Fsp3) is 1.00. The van der Waals surface area contributed by atoms with Gasteiger partial charge in [-0.25, -0.2) is 4.39 Å². The monoisotopic (exact) mass is 166 g/mol. The van der Waals surface area contributed by atoms with E-state index in [0.29, 0.717) is 0 Å². The molecule has 0 saturated carbocycles. The minimum atomic E-state index is -1.56. The Labute approximate surface area is 63.2 Å². The fourth-order valence-electron chi connectivity index (χ4n) is 1.02. The van der Waals surface area contributed by atoms with Crippen molar-refractivity contribution >= 4 is 0 Å². The number of halogens is 1. The Morgan fingerprint density at radius 2 is 2.09 bits per heavy atom. The quantitative estimate of drug-likeness (QED) is 0.457. The first-order chi connectivity index (χ1) is 5.15. The van der Waals surface area contributed by atoms with Gasteiger partial charge >= 0.3 is 0 Å². The first-order valence-corrected chi connectivity index (χ1v) is 3.41. The molecule has 3 N–H and O–H groups in total. The number of aliphatic hydroxyl groups excluding tert-OH is 3. The summed E-state index contributed by atoms with van der Waals surface area (Å²) in [5.74, 6) is 0.